The maximum absolute atomic E-state index is 12.2. The molecule has 0 radical (unpaired) electrons. The maximum Gasteiger partial charge on any atom is 0.286 e. The van der Waals surface area contributed by atoms with Crippen molar-refractivity contribution in [3.63, 3.8) is 0 Å². The van der Waals surface area contributed by atoms with E-state index in [0.29, 0.717) is 11.3 Å². The molecular weight excluding hydrogens is 290 g/mol. The van der Waals surface area contributed by atoms with Crippen LogP contribution < -0.4 is 10.9 Å². The summed E-state index contributed by atoms with van der Waals surface area (Å²) < 4.78 is 0. The van der Waals surface area contributed by atoms with Gasteiger partial charge in [-0.2, -0.15) is 0 Å². The Morgan fingerprint density at radius 2 is 1.65 bits per heavy atom. The van der Waals surface area contributed by atoms with E-state index in [1.54, 1.807) is 18.2 Å². The number of hydrogen-bond acceptors (Lipinski definition) is 2. The number of H-pyrrole nitrogens is 1. The zero-order chi connectivity index (χ0) is 16.4. The number of rotatable bonds is 2. The van der Waals surface area contributed by atoms with E-state index in [1.165, 1.54) is 0 Å². The van der Waals surface area contributed by atoms with Crippen LogP contribution in [-0.2, 0) is 0 Å². The van der Waals surface area contributed by atoms with E-state index in [-0.39, 0.29) is 11.8 Å². The van der Waals surface area contributed by atoms with Crippen LogP contribution in [0, 0.1) is 13.8 Å². The molecule has 0 fully saturated rings. The van der Waals surface area contributed by atoms with Crippen molar-refractivity contribution in [3.05, 3.63) is 70.9 Å². The Bertz CT molecular complexity index is 896. The molecule has 1 aromatic heterocycles. The summed E-state index contributed by atoms with van der Waals surface area (Å²) in [5.74, 6) is -0.732. The second kappa shape index (κ2) is 5.96. The molecule has 2 amide bonds. The number of aromatic nitrogens is 1. The Morgan fingerprint density at radius 3 is 2.43 bits per heavy atom. The monoisotopic (exact) mass is 307 g/mol. The molecular formula is C18H17N3O2. The van der Waals surface area contributed by atoms with Gasteiger partial charge in [0.15, 0.2) is 0 Å². The van der Waals surface area contributed by atoms with Gasteiger partial charge in [0.2, 0.25) is 0 Å². The molecule has 5 heteroatoms. The fourth-order valence-corrected chi connectivity index (χ4v) is 2.45. The van der Waals surface area contributed by atoms with E-state index >= 15 is 0 Å². The van der Waals surface area contributed by atoms with Crippen LogP contribution in [0.15, 0.2) is 48.5 Å². The quantitative estimate of drug-likeness (QED) is 0.637. The van der Waals surface area contributed by atoms with Crippen molar-refractivity contribution in [1.29, 1.82) is 0 Å². The first-order valence-electron chi connectivity index (χ1n) is 7.30. The first-order valence-corrected chi connectivity index (χ1v) is 7.30. The number of hydrogen-bond donors (Lipinski definition) is 3. The topological polar surface area (TPSA) is 74.0 Å². The number of benzene rings is 2. The Hall–Kier alpha value is -3.08. The van der Waals surface area contributed by atoms with Gasteiger partial charge < -0.3 is 4.98 Å². The van der Waals surface area contributed by atoms with Gasteiger partial charge in [-0.15, -0.1) is 0 Å². The third kappa shape index (κ3) is 3.08. The third-order valence-electron chi connectivity index (χ3n) is 3.70. The standard InChI is InChI=1S/C18H17N3O2/c1-11-7-8-15-13(9-11)10-16(19-15)18(23)21-20-17(22)14-6-4-3-5-12(14)2/h3-10,19H,1-2H3,(H,20,22)(H,21,23). The van der Waals surface area contributed by atoms with Crippen LogP contribution in [0.4, 0.5) is 0 Å². The van der Waals surface area contributed by atoms with Crippen LogP contribution in [0.25, 0.3) is 10.9 Å². The lowest BCUT2D eigenvalue weighted by Crippen LogP contribution is -2.42. The molecule has 0 spiro atoms. The molecule has 0 unspecified atom stereocenters. The smallest absolute Gasteiger partial charge is 0.286 e. The largest absolute Gasteiger partial charge is 0.350 e. The highest BCUT2D eigenvalue weighted by Crippen LogP contribution is 2.16. The summed E-state index contributed by atoms with van der Waals surface area (Å²) in [6.45, 7) is 3.84. The predicted molar refractivity (Wildman–Crippen MR) is 89.1 cm³/mol. The number of aromatic amines is 1. The SMILES string of the molecule is Cc1ccc2[nH]c(C(=O)NNC(=O)c3ccccc3C)cc2c1. The van der Waals surface area contributed by atoms with Crippen LogP contribution in [0.1, 0.15) is 32.0 Å². The fraction of sp³-hybridized carbons (Fsp3) is 0.111. The Labute approximate surface area is 133 Å². The number of aryl methyl sites for hydroxylation is 2. The van der Waals surface area contributed by atoms with Crippen molar-refractivity contribution in [2.75, 3.05) is 0 Å². The number of amides is 2. The van der Waals surface area contributed by atoms with E-state index in [4.69, 9.17) is 0 Å². The first kappa shape index (κ1) is 14.8. The average molecular weight is 307 g/mol. The predicted octanol–water partition coefficient (Wildman–Crippen LogP) is 2.86. The van der Waals surface area contributed by atoms with E-state index in [9.17, 15) is 9.59 Å². The van der Waals surface area contributed by atoms with Crippen LogP contribution >= 0.6 is 0 Å². The number of hydrazine groups is 1. The fourth-order valence-electron chi connectivity index (χ4n) is 2.45. The molecule has 0 atom stereocenters. The van der Waals surface area contributed by atoms with E-state index in [0.717, 1.165) is 22.0 Å². The number of nitrogens with one attached hydrogen (secondary N) is 3. The van der Waals surface area contributed by atoms with Gasteiger partial charge >= 0.3 is 0 Å². The molecule has 3 aromatic rings. The minimum absolute atomic E-state index is 0.344. The third-order valence-corrected chi connectivity index (χ3v) is 3.70. The summed E-state index contributed by atoms with van der Waals surface area (Å²) in [6, 6.07) is 14.8. The van der Waals surface area contributed by atoms with Crippen LogP contribution in [0.3, 0.4) is 0 Å². The molecule has 0 aliphatic rings. The molecule has 0 bridgehead atoms. The lowest BCUT2D eigenvalue weighted by molar-refractivity contribution is 0.0844. The van der Waals surface area contributed by atoms with Crippen molar-refractivity contribution in [2.45, 2.75) is 13.8 Å². The van der Waals surface area contributed by atoms with Crippen molar-refractivity contribution in [2.24, 2.45) is 0 Å². The zero-order valence-corrected chi connectivity index (χ0v) is 12.9. The second-order valence-electron chi connectivity index (χ2n) is 5.50. The molecule has 0 saturated carbocycles. The summed E-state index contributed by atoms with van der Waals surface area (Å²) in [5, 5.41) is 0.959. The minimum atomic E-state index is -0.388. The molecule has 23 heavy (non-hydrogen) atoms. The molecule has 1 heterocycles. The van der Waals surface area contributed by atoms with Gasteiger partial charge in [0, 0.05) is 16.5 Å². The second-order valence-corrected chi connectivity index (χ2v) is 5.50. The molecule has 0 aliphatic carbocycles. The van der Waals surface area contributed by atoms with Gasteiger partial charge in [-0.3, -0.25) is 20.4 Å². The molecule has 3 rings (SSSR count). The van der Waals surface area contributed by atoms with Gasteiger partial charge in [0.05, 0.1) is 0 Å². The lowest BCUT2D eigenvalue weighted by Gasteiger charge is -2.08. The normalized spacial score (nSPS) is 10.5. The highest BCUT2D eigenvalue weighted by Gasteiger charge is 2.12. The minimum Gasteiger partial charge on any atom is -0.350 e. The first-order chi connectivity index (χ1) is 11.0. The molecule has 3 N–H and O–H groups in total. The van der Waals surface area contributed by atoms with Crippen molar-refractivity contribution < 1.29 is 9.59 Å². The van der Waals surface area contributed by atoms with Gasteiger partial charge in [0.25, 0.3) is 11.8 Å². The average Bonchev–Trinajstić information content (AvgIpc) is 2.95. The number of carbonyl (C=O) groups is 2. The Morgan fingerprint density at radius 1 is 0.913 bits per heavy atom. The molecule has 0 aliphatic heterocycles. The van der Waals surface area contributed by atoms with E-state index in [2.05, 4.69) is 15.8 Å². The molecule has 0 saturated heterocycles. The van der Waals surface area contributed by atoms with Gasteiger partial charge in [-0.05, 0) is 43.7 Å². The van der Waals surface area contributed by atoms with Crippen LogP contribution in [0.2, 0.25) is 0 Å². The summed E-state index contributed by atoms with van der Waals surface area (Å²) in [6.07, 6.45) is 0. The van der Waals surface area contributed by atoms with Gasteiger partial charge in [0.1, 0.15) is 5.69 Å². The molecule has 5 nitrogen and oxygen atoms in total. The van der Waals surface area contributed by atoms with Crippen molar-refractivity contribution >= 4 is 22.7 Å². The summed E-state index contributed by atoms with van der Waals surface area (Å²) in [5.41, 5.74) is 8.64. The van der Waals surface area contributed by atoms with Crippen molar-refractivity contribution in [3.8, 4) is 0 Å². The highest BCUT2D eigenvalue weighted by atomic mass is 16.2. The Kier molecular flexibility index (Phi) is 3.85. The summed E-state index contributed by atoms with van der Waals surface area (Å²) in [7, 11) is 0. The van der Waals surface area contributed by atoms with Gasteiger partial charge in [-0.25, -0.2) is 0 Å². The molecule has 2 aromatic carbocycles. The number of fused-ring (bicyclic) bond motifs is 1. The highest BCUT2D eigenvalue weighted by molar-refractivity contribution is 6.01. The van der Waals surface area contributed by atoms with Gasteiger partial charge in [-0.1, -0.05) is 29.8 Å². The van der Waals surface area contributed by atoms with E-state index in [1.807, 2.05) is 44.2 Å². The van der Waals surface area contributed by atoms with Crippen LogP contribution in [-0.4, -0.2) is 16.8 Å². The molecule has 116 valence electrons. The van der Waals surface area contributed by atoms with E-state index < -0.39 is 0 Å². The van der Waals surface area contributed by atoms with Crippen molar-refractivity contribution in [1.82, 2.24) is 15.8 Å². The summed E-state index contributed by atoms with van der Waals surface area (Å²) in [4.78, 5) is 27.3. The maximum atomic E-state index is 12.2. The number of carbonyl (C=O) groups excluding carboxylic acids is 2. The zero-order valence-electron chi connectivity index (χ0n) is 12.9. The van der Waals surface area contributed by atoms with Crippen LogP contribution in [0.5, 0.6) is 0 Å². The summed E-state index contributed by atoms with van der Waals surface area (Å²) >= 11 is 0. The lowest BCUT2D eigenvalue weighted by atomic mass is 10.1. The Balaban J connectivity index is 1.71.